The van der Waals surface area contributed by atoms with Crippen LogP contribution < -0.4 is 4.90 Å². The first kappa shape index (κ1) is 16.1. The van der Waals surface area contributed by atoms with Crippen LogP contribution in [0.1, 0.15) is 12.0 Å². The van der Waals surface area contributed by atoms with Crippen LogP contribution in [0, 0.1) is 17.2 Å². The van der Waals surface area contributed by atoms with Gasteiger partial charge in [0, 0.05) is 28.9 Å². The summed E-state index contributed by atoms with van der Waals surface area (Å²) in [5.41, 5.74) is 9.52. The van der Waals surface area contributed by atoms with Gasteiger partial charge in [0.2, 0.25) is 5.91 Å². The number of hydrogen-bond acceptors (Lipinski definition) is 4. The number of amides is 1. The Hall–Kier alpha value is -2.82. The number of aromatic nitrogens is 2. The van der Waals surface area contributed by atoms with Gasteiger partial charge in [-0.15, -0.1) is 0 Å². The lowest BCUT2D eigenvalue weighted by molar-refractivity contribution is -0.117. The third-order valence-corrected chi connectivity index (χ3v) is 4.33. The Labute approximate surface area is 146 Å². The number of carbonyl (C=O) groups is 1. The van der Waals surface area contributed by atoms with Crippen molar-refractivity contribution in [2.24, 2.45) is 11.0 Å². The smallest absolute Gasteiger partial charge is 0.228 e. The molecule has 1 fully saturated rings. The third kappa shape index (κ3) is 2.97. The summed E-state index contributed by atoms with van der Waals surface area (Å²) in [5.74, 6) is 0.282. The van der Waals surface area contributed by atoms with E-state index < -0.39 is 0 Å². The van der Waals surface area contributed by atoms with Crippen LogP contribution >= 0.6 is 15.9 Å². The van der Waals surface area contributed by atoms with Gasteiger partial charge < -0.3 is 0 Å². The van der Waals surface area contributed by atoms with Crippen LogP contribution in [0.3, 0.4) is 0 Å². The summed E-state index contributed by atoms with van der Waals surface area (Å²) in [5, 5.41) is 17.2. The molecule has 3 rings (SSSR count). The molecule has 1 saturated heterocycles. The van der Waals surface area contributed by atoms with Crippen molar-refractivity contribution in [2.75, 3.05) is 18.0 Å². The van der Waals surface area contributed by atoms with Crippen molar-refractivity contribution in [1.82, 2.24) is 9.78 Å². The van der Waals surface area contributed by atoms with Crippen molar-refractivity contribution < 1.29 is 4.79 Å². The second kappa shape index (κ2) is 6.74. The molecular formula is C15H12BrN7O. The minimum absolute atomic E-state index is 0.0618. The first-order valence-electron chi connectivity index (χ1n) is 7.19. The Morgan fingerprint density at radius 2 is 2.21 bits per heavy atom. The maximum absolute atomic E-state index is 12.4. The topological polar surface area (TPSA) is 111 Å². The van der Waals surface area contributed by atoms with Crippen molar-refractivity contribution in [3.05, 3.63) is 50.9 Å². The van der Waals surface area contributed by atoms with Crippen LogP contribution in [0.25, 0.3) is 16.1 Å². The predicted molar refractivity (Wildman–Crippen MR) is 90.5 cm³/mol. The Kier molecular flexibility index (Phi) is 4.51. The number of halogens is 1. The summed E-state index contributed by atoms with van der Waals surface area (Å²) in [4.78, 5) is 16.7. The number of carbonyl (C=O) groups excluding carboxylic acids is 1. The number of rotatable bonds is 4. The van der Waals surface area contributed by atoms with E-state index in [0.717, 1.165) is 10.2 Å². The Morgan fingerprint density at radius 1 is 1.46 bits per heavy atom. The average Bonchev–Trinajstić information content (AvgIpc) is 3.16. The molecule has 0 radical (unpaired) electrons. The van der Waals surface area contributed by atoms with Crippen molar-refractivity contribution >= 4 is 27.7 Å². The lowest BCUT2D eigenvalue weighted by atomic mass is 10.1. The molecule has 2 heterocycles. The normalized spacial score (nSPS) is 16.8. The van der Waals surface area contributed by atoms with E-state index in [1.807, 2.05) is 24.3 Å². The van der Waals surface area contributed by atoms with Gasteiger partial charge in [0.25, 0.3) is 0 Å². The standard InChI is InChI=1S/C15H12BrN7O/c16-12-1-3-13(4-2-12)23-15(11(6-17)8-20-23)22-9-10(5-14(22)24)7-19-21-18/h1-4,8,10H,5,7,9H2. The zero-order valence-electron chi connectivity index (χ0n) is 12.5. The second-order valence-corrected chi connectivity index (χ2v) is 6.29. The minimum atomic E-state index is -0.108. The van der Waals surface area contributed by atoms with Crippen LogP contribution in [0.4, 0.5) is 5.82 Å². The summed E-state index contributed by atoms with van der Waals surface area (Å²) in [6, 6.07) is 9.51. The van der Waals surface area contributed by atoms with E-state index >= 15 is 0 Å². The lowest BCUT2D eigenvalue weighted by Crippen LogP contribution is -2.28. The van der Waals surface area contributed by atoms with Gasteiger partial charge in [-0.3, -0.25) is 9.69 Å². The zero-order valence-corrected chi connectivity index (χ0v) is 14.1. The van der Waals surface area contributed by atoms with Crippen LogP contribution in [0.2, 0.25) is 0 Å². The van der Waals surface area contributed by atoms with E-state index in [0.29, 0.717) is 17.9 Å². The van der Waals surface area contributed by atoms with Crippen LogP contribution in [0.5, 0.6) is 0 Å². The first-order valence-corrected chi connectivity index (χ1v) is 7.98. The van der Waals surface area contributed by atoms with Gasteiger partial charge in [-0.2, -0.15) is 10.4 Å². The van der Waals surface area contributed by atoms with Crippen molar-refractivity contribution in [2.45, 2.75) is 6.42 Å². The Bertz CT molecular complexity index is 861. The van der Waals surface area contributed by atoms with E-state index in [1.54, 1.807) is 9.58 Å². The zero-order chi connectivity index (χ0) is 17.1. The molecule has 24 heavy (non-hydrogen) atoms. The molecule has 2 aromatic rings. The number of anilines is 1. The summed E-state index contributed by atoms with van der Waals surface area (Å²) >= 11 is 3.38. The fraction of sp³-hybridized carbons (Fsp3) is 0.267. The summed E-state index contributed by atoms with van der Waals surface area (Å²) < 4.78 is 2.51. The van der Waals surface area contributed by atoms with Gasteiger partial charge in [0.15, 0.2) is 5.82 Å². The fourth-order valence-electron chi connectivity index (χ4n) is 2.71. The summed E-state index contributed by atoms with van der Waals surface area (Å²) in [7, 11) is 0. The number of nitrogens with zero attached hydrogens (tertiary/aromatic N) is 7. The molecule has 9 heteroatoms. The van der Waals surface area contributed by atoms with Gasteiger partial charge in [0.05, 0.1) is 11.9 Å². The molecule has 1 amide bonds. The summed E-state index contributed by atoms with van der Waals surface area (Å²) in [6.07, 6.45) is 1.74. The molecule has 1 aliphatic rings. The lowest BCUT2D eigenvalue weighted by Gasteiger charge is -2.18. The first-order chi connectivity index (χ1) is 11.6. The average molecular weight is 386 g/mol. The van der Waals surface area contributed by atoms with Gasteiger partial charge in [-0.25, -0.2) is 4.68 Å². The Morgan fingerprint density at radius 3 is 2.88 bits per heavy atom. The predicted octanol–water partition coefficient (Wildman–Crippen LogP) is 3.17. The SMILES string of the molecule is N#Cc1cnn(-c2ccc(Br)cc2)c1N1CC(CN=[N+]=[N-])CC1=O. The molecule has 0 aliphatic carbocycles. The molecule has 1 aliphatic heterocycles. The third-order valence-electron chi connectivity index (χ3n) is 3.80. The van der Waals surface area contributed by atoms with E-state index in [-0.39, 0.29) is 24.8 Å². The monoisotopic (exact) mass is 385 g/mol. The molecule has 1 aromatic carbocycles. The molecule has 8 nitrogen and oxygen atoms in total. The van der Waals surface area contributed by atoms with Gasteiger partial charge in [0.1, 0.15) is 11.6 Å². The van der Waals surface area contributed by atoms with Crippen molar-refractivity contribution in [3.8, 4) is 11.8 Å². The van der Waals surface area contributed by atoms with E-state index in [9.17, 15) is 10.1 Å². The minimum Gasteiger partial charge on any atom is -0.295 e. The number of nitriles is 1. The summed E-state index contributed by atoms with van der Waals surface area (Å²) in [6.45, 7) is 0.655. The molecule has 0 N–H and O–H groups in total. The largest absolute Gasteiger partial charge is 0.295 e. The molecular weight excluding hydrogens is 374 g/mol. The van der Waals surface area contributed by atoms with Crippen LogP contribution in [0.15, 0.2) is 40.0 Å². The fourth-order valence-corrected chi connectivity index (χ4v) is 2.98. The van der Waals surface area contributed by atoms with E-state index in [1.165, 1.54) is 6.20 Å². The van der Waals surface area contributed by atoms with Crippen molar-refractivity contribution in [1.29, 1.82) is 5.26 Å². The quantitative estimate of drug-likeness (QED) is 0.457. The second-order valence-electron chi connectivity index (χ2n) is 5.37. The highest BCUT2D eigenvalue weighted by atomic mass is 79.9. The highest BCUT2D eigenvalue weighted by Crippen LogP contribution is 2.30. The van der Waals surface area contributed by atoms with Gasteiger partial charge in [-0.1, -0.05) is 21.0 Å². The molecule has 1 atom stereocenters. The van der Waals surface area contributed by atoms with Crippen molar-refractivity contribution in [3.63, 3.8) is 0 Å². The van der Waals surface area contributed by atoms with E-state index in [4.69, 9.17) is 5.53 Å². The molecule has 0 spiro atoms. The van der Waals surface area contributed by atoms with Crippen LogP contribution in [-0.4, -0.2) is 28.8 Å². The van der Waals surface area contributed by atoms with Gasteiger partial charge in [-0.05, 0) is 35.7 Å². The molecule has 120 valence electrons. The molecule has 1 aromatic heterocycles. The Balaban J connectivity index is 2.00. The number of azide groups is 1. The van der Waals surface area contributed by atoms with Crippen LogP contribution in [-0.2, 0) is 4.79 Å². The highest BCUT2D eigenvalue weighted by Gasteiger charge is 2.34. The molecule has 0 saturated carbocycles. The number of hydrogen-bond donors (Lipinski definition) is 0. The van der Waals surface area contributed by atoms with E-state index in [2.05, 4.69) is 37.1 Å². The maximum atomic E-state index is 12.4. The maximum Gasteiger partial charge on any atom is 0.228 e. The number of benzene rings is 1. The molecule has 0 bridgehead atoms. The molecule has 1 unspecified atom stereocenters. The highest BCUT2D eigenvalue weighted by molar-refractivity contribution is 9.10. The van der Waals surface area contributed by atoms with Gasteiger partial charge >= 0.3 is 0 Å².